The van der Waals surface area contributed by atoms with Crippen LogP contribution in [0.4, 0.5) is 0 Å². The average Bonchev–Trinajstić information content (AvgIpc) is 2.19. The maximum atomic E-state index is 5.90. The molecule has 1 N–H and O–H groups in total. The Morgan fingerprint density at radius 3 is 2.93 bits per heavy atom. The molecule has 1 aliphatic rings. The molecule has 1 aliphatic heterocycles. The van der Waals surface area contributed by atoms with Crippen molar-refractivity contribution in [3.05, 3.63) is 29.0 Å². The second-order valence-corrected chi connectivity index (χ2v) is 4.52. The predicted molar refractivity (Wildman–Crippen MR) is 58.4 cm³/mol. The molecule has 2 rings (SSSR count). The molecule has 0 saturated carbocycles. The molecular formula is C11H15ClN2. The molecule has 1 saturated heterocycles. The van der Waals surface area contributed by atoms with Crippen molar-refractivity contribution < 1.29 is 0 Å². The van der Waals surface area contributed by atoms with Crippen molar-refractivity contribution >= 4 is 11.6 Å². The van der Waals surface area contributed by atoms with Gasteiger partial charge in [-0.25, -0.2) is 0 Å². The SMILES string of the molecule is C[C@@H]1CC[C@@H](c2cncc(Cl)c2)NC1. The van der Waals surface area contributed by atoms with Crippen molar-refractivity contribution in [3.8, 4) is 0 Å². The number of nitrogens with zero attached hydrogens (tertiary/aromatic N) is 1. The molecule has 2 nitrogen and oxygen atoms in total. The Balaban J connectivity index is 2.08. The first kappa shape index (κ1) is 9.94. The highest BCUT2D eigenvalue weighted by Gasteiger charge is 2.18. The topological polar surface area (TPSA) is 24.9 Å². The summed E-state index contributed by atoms with van der Waals surface area (Å²) in [5.41, 5.74) is 1.21. The number of nitrogens with one attached hydrogen (secondary N) is 1. The van der Waals surface area contributed by atoms with Gasteiger partial charge in [-0.15, -0.1) is 0 Å². The zero-order valence-corrected chi connectivity index (χ0v) is 9.09. The summed E-state index contributed by atoms with van der Waals surface area (Å²) in [6.45, 7) is 3.37. The molecule has 1 fully saturated rings. The summed E-state index contributed by atoms with van der Waals surface area (Å²) in [5, 5.41) is 4.24. The summed E-state index contributed by atoms with van der Waals surface area (Å²) in [7, 11) is 0. The summed E-state index contributed by atoms with van der Waals surface area (Å²) in [6.07, 6.45) is 6.05. The normalized spacial score (nSPS) is 27.6. The minimum absolute atomic E-state index is 0.442. The van der Waals surface area contributed by atoms with E-state index in [0.29, 0.717) is 6.04 Å². The van der Waals surface area contributed by atoms with Gasteiger partial charge in [0, 0.05) is 18.4 Å². The van der Waals surface area contributed by atoms with Gasteiger partial charge in [0.1, 0.15) is 0 Å². The van der Waals surface area contributed by atoms with Crippen LogP contribution in [0.3, 0.4) is 0 Å². The van der Waals surface area contributed by atoms with Gasteiger partial charge in [0.25, 0.3) is 0 Å². The van der Waals surface area contributed by atoms with Crippen molar-refractivity contribution in [1.29, 1.82) is 0 Å². The summed E-state index contributed by atoms with van der Waals surface area (Å²) in [6, 6.07) is 2.44. The Labute approximate surface area is 89.7 Å². The number of halogens is 1. The van der Waals surface area contributed by atoms with Crippen LogP contribution in [0.2, 0.25) is 5.02 Å². The van der Waals surface area contributed by atoms with E-state index in [-0.39, 0.29) is 0 Å². The maximum Gasteiger partial charge on any atom is 0.0592 e. The van der Waals surface area contributed by atoms with Crippen LogP contribution in [0.5, 0.6) is 0 Å². The van der Waals surface area contributed by atoms with E-state index in [1.807, 2.05) is 12.3 Å². The second-order valence-electron chi connectivity index (χ2n) is 4.08. The molecule has 0 radical (unpaired) electrons. The minimum atomic E-state index is 0.442. The van der Waals surface area contributed by atoms with Gasteiger partial charge in [0.2, 0.25) is 0 Å². The van der Waals surface area contributed by atoms with E-state index in [4.69, 9.17) is 11.6 Å². The third-order valence-electron chi connectivity index (χ3n) is 2.79. The van der Waals surface area contributed by atoms with Crippen LogP contribution in [-0.4, -0.2) is 11.5 Å². The highest BCUT2D eigenvalue weighted by Crippen LogP contribution is 2.26. The first-order valence-electron chi connectivity index (χ1n) is 5.09. The molecule has 1 aromatic heterocycles. The second kappa shape index (κ2) is 4.28. The largest absolute Gasteiger partial charge is 0.310 e. The van der Waals surface area contributed by atoms with Crippen molar-refractivity contribution in [2.24, 2.45) is 5.92 Å². The van der Waals surface area contributed by atoms with Crippen LogP contribution in [0, 0.1) is 5.92 Å². The van der Waals surface area contributed by atoms with Gasteiger partial charge >= 0.3 is 0 Å². The molecule has 0 unspecified atom stereocenters. The number of pyridine rings is 1. The number of hydrogen-bond donors (Lipinski definition) is 1. The molecule has 0 amide bonds. The van der Waals surface area contributed by atoms with E-state index in [1.54, 1.807) is 6.20 Å². The molecule has 1 aromatic rings. The van der Waals surface area contributed by atoms with E-state index in [9.17, 15) is 0 Å². The van der Waals surface area contributed by atoms with Crippen molar-refractivity contribution in [2.75, 3.05) is 6.54 Å². The van der Waals surface area contributed by atoms with Gasteiger partial charge in [-0.3, -0.25) is 4.98 Å². The molecule has 3 heteroatoms. The molecule has 2 atom stereocenters. The molecule has 0 bridgehead atoms. The molecule has 0 aliphatic carbocycles. The van der Waals surface area contributed by atoms with E-state index < -0.39 is 0 Å². The standard InChI is InChI=1S/C11H15ClN2/c1-8-2-3-11(14-5-8)9-4-10(12)7-13-6-9/h4,6-8,11,14H,2-3,5H2,1H3/t8-,11+/m1/s1. The van der Waals surface area contributed by atoms with Crippen LogP contribution in [0.25, 0.3) is 0 Å². The maximum absolute atomic E-state index is 5.90. The van der Waals surface area contributed by atoms with Gasteiger partial charge in [0.05, 0.1) is 5.02 Å². The summed E-state index contributed by atoms with van der Waals surface area (Å²) >= 11 is 5.90. The lowest BCUT2D eigenvalue weighted by molar-refractivity contribution is 0.332. The van der Waals surface area contributed by atoms with E-state index in [2.05, 4.69) is 17.2 Å². The van der Waals surface area contributed by atoms with Crippen LogP contribution in [0.1, 0.15) is 31.4 Å². The molecule has 76 valence electrons. The monoisotopic (exact) mass is 210 g/mol. The van der Waals surface area contributed by atoms with Gasteiger partial charge in [0.15, 0.2) is 0 Å². The van der Waals surface area contributed by atoms with Crippen LogP contribution < -0.4 is 5.32 Å². The fraction of sp³-hybridized carbons (Fsp3) is 0.545. The number of aromatic nitrogens is 1. The van der Waals surface area contributed by atoms with E-state index in [0.717, 1.165) is 17.5 Å². The van der Waals surface area contributed by atoms with Crippen molar-refractivity contribution in [2.45, 2.75) is 25.8 Å². The van der Waals surface area contributed by atoms with Crippen molar-refractivity contribution in [1.82, 2.24) is 10.3 Å². The average molecular weight is 211 g/mol. The lowest BCUT2D eigenvalue weighted by Crippen LogP contribution is -2.31. The highest BCUT2D eigenvalue weighted by atomic mass is 35.5. The molecule has 0 aromatic carbocycles. The van der Waals surface area contributed by atoms with Gasteiger partial charge in [-0.05, 0) is 36.9 Å². The Morgan fingerprint density at radius 2 is 2.29 bits per heavy atom. The Morgan fingerprint density at radius 1 is 1.43 bits per heavy atom. The Kier molecular flexibility index (Phi) is 3.04. The first-order chi connectivity index (χ1) is 6.75. The van der Waals surface area contributed by atoms with Crippen LogP contribution in [0.15, 0.2) is 18.5 Å². The highest BCUT2D eigenvalue weighted by molar-refractivity contribution is 6.30. The lowest BCUT2D eigenvalue weighted by atomic mass is 9.93. The Bertz CT molecular complexity index is 306. The van der Waals surface area contributed by atoms with Crippen molar-refractivity contribution in [3.63, 3.8) is 0 Å². The van der Waals surface area contributed by atoms with Gasteiger partial charge in [-0.2, -0.15) is 0 Å². The van der Waals surface area contributed by atoms with Crippen LogP contribution in [-0.2, 0) is 0 Å². The minimum Gasteiger partial charge on any atom is -0.310 e. The van der Waals surface area contributed by atoms with Gasteiger partial charge < -0.3 is 5.32 Å². The fourth-order valence-electron chi connectivity index (χ4n) is 1.90. The quantitative estimate of drug-likeness (QED) is 0.771. The fourth-order valence-corrected chi connectivity index (χ4v) is 2.08. The molecular weight excluding hydrogens is 196 g/mol. The lowest BCUT2D eigenvalue weighted by Gasteiger charge is -2.27. The smallest absolute Gasteiger partial charge is 0.0592 e. The third-order valence-corrected chi connectivity index (χ3v) is 3.00. The van der Waals surface area contributed by atoms with Crippen LogP contribution >= 0.6 is 11.6 Å². The Hall–Kier alpha value is -0.600. The third kappa shape index (κ3) is 2.25. The van der Waals surface area contributed by atoms with E-state index in [1.165, 1.54) is 18.4 Å². The molecule has 2 heterocycles. The zero-order chi connectivity index (χ0) is 9.97. The number of hydrogen-bond acceptors (Lipinski definition) is 2. The van der Waals surface area contributed by atoms with E-state index >= 15 is 0 Å². The first-order valence-corrected chi connectivity index (χ1v) is 5.47. The number of rotatable bonds is 1. The number of piperidine rings is 1. The summed E-state index contributed by atoms with van der Waals surface area (Å²) in [5.74, 6) is 0.790. The van der Waals surface area contributed by atoms with Gasteiger partial charge in [-0.1, -0.05) is 18.5 Å². The predicted octanol–water partition coefficient (Wildman–Crippen LogP) is 2.80. The summed E-state index contributed by atoms with van der Waals surface area (Å²) < 4.78 is 0. The zero-order valence-electron chi connectivity index (χ0n) is 8.33. The summed E-state index contributed by atoms with van der Waals surface area (Å²) in [4.78, 5) is 4.11. The molecule has 14 heavy (non-hydrogen) atoms. The molecule has 0 spiro atoms.